The van der Waals surface area contributed by atoms with Crippen molar-refractivity contribution in [3.63, 3.8) is 0 Å². The van der Waals surface area contributed by atoms with Crippen molar-refractivity contribution in [2.45, 2.75) is 5.92 Å². The van der Waals surface area contributed by atoms with Gasteiger partial charge in [-0.3, -0.25) is 10.1 Å². The molecule has 2 unspecified atom stereocenters. The highest BCUT2D eigenvalue weighted by molar-refractivity contribution is 5.86. The Kier molecular flexibility index (Phi) is 3.19. The van der Waals surface area contributed by atoms with E-state index < -0.39 is 0 Å². The lowest BCUT2D eigenvalue weighted by atomic mass is 9.75. The minimum Gasteiger partial charge on any atom is -0.355 e. The predicted octanol–water partition coefficient (Wildman–Crippen LogP) is 3.55. The number of fused-ring (bicyclic) bond motifs is 4. The molecule has 26 heavy (non-hydrogen) atoms. The maximum atomic E-state index is 11.6. The van der Waals surface area contributed by atoms with Crippen molar-refractivity contribution < 1.29 is 4.92 Å². The molecule has 5 rings (SSSR count). The topological polar surface area (TPSA) is 58.9 Å². The molecule has 2 aliphatic carbocycles. The van der Waals surface area contributed by atoms with Crippen molar-refractivity contribution >= 4 is 28.2 Å². The Morgan fingerprint density at radius 2 is 1.77 bits per heavy atom. The van der Waals surface area contributed by atoms with Gasteiger partial charge in [-0.2, -0.15) is 0 Å². The summed E-state index contributed by atoms with van der Waals surface area (Å²) in [7, 11) is 0. The second kappa shape index (κ2) is 5.56. The van der Waals surface area contributed by atoms with Crippen molar-refractivity contribution in [3.8, 4) is 0 Å². The maximum Gasteiger partial charge on any atom is 0.273 e. The number of hydrogen-bond donors (Lipinski definition) is 1. The van der Waals surface area contributed by atoms with Crippen LogP contribution in [0.3, 0.4) is 0 Å². The highest BCUT2D eigenvalue weighted by Gasteiger charge is 2.31. The van der Waals surface area contributed by atoms with Gasteiger partial charge in [0.1, 0.15) is 0 Å². The normalized spacial score (nSPS) is 20.5. The molecular weight excluding hydrogens is 324 g/mol. The quantitative estimate of drug-likeness (QED) is 0.573. The van der Waals surface area contributed by atoms with Gasteiger partial charge in [-0.25, -0.2) is 0 Å². The van der Waals surface area contributed by atoms with Gasteiger partial charge in [0.05, 0.1) is 4.92 Å². The Bertz CT molecular complexity index is 1230. The Balaban J connectivity index is 1.85. The largest absolute Gasteiger partial charge is 0.355 e. The van der Waals surface area contributed by atoms with Crippen LogP contribution < -0.4 is 10.6 Å². The first-order chi connectivity index (χ1) is 12.7. The summed E-state index contributed by atoms with van der Waals surface area (Å²) in [6, 6.07) is 15.3. The molecule has 0 saturated heterocycles. The van der Waals surface area contributed by atoms with Crippen LogP contribution in [-0.4, -0.2) is 9.91 Å². The summed E-state index contributed by atoms with van der Waals surface area (Å²) in [5, 5.41) is 15.0. The van der Waals surface area contributed by atoms with Gasteiger partial charge in [0.2, 0.25) is 0 Å². The fraction of sp³-hybridized carbons (Fsp3) is 0.0909. The van der Waals surface area contributed by atoms with Crippen molar-refractivity contribution in [1.29, 1.82) is 0 Å². The molecule has 0 bridgehead atoms. The van der Waals surface area contributed by atoms with E-state index in [-0.39, 0.29) is 22.4 Å². The van der Waals surface area contributed by atoms with Crippen molar-refractivity contribution in [2.24, 2.45) is 5.92 Å². The minimum atomic E-state index is -0.286. The third-order valence-electron chi connectivity index (χ3n) is 5.31. The van der Waals surface area contributed by atoms with Gasteiger partial charge < -0.3 is 4.98 Å². The van der Waals surface area contributed by atoms with Crippen LogP contribution in [-0.2, 0) is 0 Å². The number of nitro benzene ring substituents is 1. The van der Waals surface area contributed by atoms with Crippen LogP contribution in [0.1, 0.15) is 11.5 Å². The summed E-state index contributed by atoms with van der Waals surface area (Å²) in [4.78, 5) is 14.8. The first-order valence-electron chi connectivity index (χ1n) is 8.65. The predicted molar refractivity (Wildman–Crippen MR) is 103 cm³/mol. The van der Waals surface area contributed by atoms with Gasteiger partial charge in [0, 0.05) is 44.9 Å². The van der Waals surface area contributed by atoms with E-state index in [1.54, 1.807) is 12.1 Å². The molecular formula is C22H16N2O2. The minimum absolute atomic E-state index is 0.0756. The average molecular weight is 340 g/mol. The molecule has 1 N–H and O–H groups in total. The van der Waals surface area contributed by atoms with Gasteiger partial charge in [0.25, 0.3) is 5.69 Å². The van der Waals surface area contributed by atoms with Crippen molar-refractivity contribution in [3.05, 3.63) is 99.1 Å². The molecule has 0 aliphatic heterocycles. The second-order valence-electron chi connectivity index (χ2n) is 6.69. The Morgan fingerprint density at radius 1 is 0.962 bits per heavy atom. The fourth-order valence-electron chi connectivity index (χ4n) is 4.22. The van der Waals surface area contributed by atoms with Crippen molar-refractivity contribution in [1.82, 2.24) is 4.98 Å². The number of benzene rings is 2. The molecule has 2 atom stereocenters. The molecule has 0 radical (unpaired) electrons. The number of hydrogen-bond acceptors (Lipinski definition) is 2. The van der Waals surface area contributed by atoms with E-state index in [9.17, 15) is 10.1 Å². The van der Waals surface area contributed by atoms with E-state index in [1.165, 1.54) is 16.2 Å². The van der Waals surface area contributed by atoms with Gasteiger partial charge >= 0.3 is 0 Å². The van der Waals surface area contributed by atoms with Crippen molar-refractivity contribution in [2.75, 3.05) is 0 Å². The summed E-state index contributed by atoms with van der Waals surface area (Å²) in [5.74, 6) is 0.0150. The number of aromatic nitrogens is 1. The lowest BCUT2D eigenvalue weighted by molar-refractivity contribution is -0.385. The molecule has 3 aromatic rings. The molecule has 4 heteroatoms. The van der Waals surface area contributed by atoms with Crippen LogP contribution in [0.4, 0.5) is 5.69 Å². The first kappa shape index (κ1) is 14.9. The molecule has 2 aliphatic rings. The summed E-state index contributed by atoms with van der Waals surface area (Å²) in [6.07, 6.45) is 10.5. The second-order valence-corrected chi connectivity index (χ2v) is 6.69. The average Bonchev–Trinajstić information content (AvgIpc) is 3.06. The number of rotatable bonds is 2. The van der Waals surface area contributed by atoms with E-state index in [0.29, 0.717) is 0 Å². The zero-order valence-electron chi connectivity index (χ0n) is 13.9. The summed E-state index contributed by atoms with van der Waals surface area (Å²) in [6.45, 7) is 0. The summed E-state index contributed by atoms with van der Waals surface area (Å²) in [5.41, 5.74) is 3.23. The molecule has 1 aromatic heterocycles. The van der Waals surface area contributed by atoms with Crippen LogP contribution in [0.5, 0.6) is 0 Å². The van der Waals surface area contributed by atoms with Gasteiger partial charge in [0.15, 0.2) is 0 Å². The van der Waals surface area contributed by atoms with E-state index in [4.69, 9.17) is 0 Å². The SMILES string of the molecule is O=[N+]([O-])c1ccccc1C1C=c2[nH]c3ccccc3c2=C2C=CC=CC21. The highest BCUT2D eigenvalue weighted by Crippen LogP contribution is 2.40. The standard InChI is InChI=1S/C22H16N2O2/c25-24(26)21-12-6-4-8-15(21)18-13-20-22(16-9-2-1-7-14(16)18)17-10-3-5-11-19(17)23-20/h1-14,18,23H. The van der Waals surface area contributed by atoms with Gasteiger partial charge in [-0.15, -0.1) is 0 Å². The van der Waals surface area contributed by atoms with E-state index in [2.05, 4.69) is 35.3 Å². The Morgan fingerprint density at radius 3 is 2.65 bits per heavy atom. The molecule has 0 amide bonds. The molecule has 0 spiro atoms. The van der Waals surface area contributed by atoms with Crippen LogP contribution >= 0.6 is 0 Å². The third-order valence-corrected chi connectivity index (χ3v) is 5.31. The number of para-hydroxylation sites is 2. The Hall–Kier alpha value is -3.40. The monoisotopic (exact) mass is 340 g/mol. The van der Waals surface area contributed by atoms with Crippen LogP contribution in [0.2, 0.25) is 0 Å². The smallest absolute Gasteiger partial charge is 0.273 e. The Labute approximate surface area is 149 Å². The van der Waals surface area contributed by atoms with Crippen LogP contribution in [0, 0.1) is 16.0 Å². The molecule has 0 saturated carbocycles. The number of nitro groups is 1. The number of aromatic amines is 1. The lowest BCUT2D eigenvalue weighted by Crippen LogP contribution is -2.35. The summed E-state index contributed by atoms with van der Waals surface area (Å²) >= 11 is 0. The van der Waals surface area contributed by atoms with E-state index in [0.717, 1.165) is 16.4 Å². The zero-order valence-corrected chi connectivity index (χ0v) is 13.9. The highest BCUT2D eigenvalue weighted by atomic mass is 16.6. The zero-order chi connectivity index (χ0) is 17.7. The molecule has 126 valence electrons. The lowest BCUT2D eigenvalue weighted by Gasteiger charge is -2.27. The van der Waals surface area contributed by atoms with Crippen LogP contribution in [0.15, 0.2) is 72.8 Å². The molecule has 2 aromatic carbocycles. The maximum absolute atomic E-state index is 11.6. The number of nitrogens with one attached hydrogen (secondary N) is 1. The summed E-state index contributed by atoms with van der Waals surface area (Å²) < 4.78 is 0. The molecule has 0 fully saturated rings. The van der Waals surface area contributed by atoms with E-state index >= 15 is 0 Å². The van der Waals surface area contributed by atoms with E-state index in [1.807, 2.05) is 36.4 Å². The van der Waals surface area contributed by atoms with Gasteiger partial charge in [-0.1, -0.05) is 66.8 Å². The van der Waals surface area contributed by atoms with Gasteiger partial charge in [-0.05, 0) is 11.6 Å². The third kappa shape index (κ3) is 2.09. The fourth-order valence-corrected chi connectivity index (χ4v) is 4.22. The molecule has 1 heterocycles. The number of H-pyrrole nitrogens is 1. The molecule has 4 nitrogen and oxygen atoms in total. The number of nitrogens with zero attached hydrogens (tertiary/aromatic N) is 1. The number of allylic oxidation sites excluding steroid dienone is 4. The van der Waals surface area contributed by atoms with Crippen LogP contribution in [0.25, 0.3) is 22.6 Å². The first-order valence-corrected chi connectivity index (χ1v) is 8.65.